The summed E-state index contributed by atoms with van der Waals surface area (Å²) < 4.78 is 15.0. The first-order valence-corrected chi connectivity index (χ1v) is 7.91. The summed E-state index contributed by atoms with van der Waals surface area (Å²) in [5.41, 5.74) is 1.86. The third-order valence-electron chi connectivity index (χ3n) is 2.47. The van der Waals surface area contributed by atoms with Gasteiger partial charge in [0.15, 0.2) is 0 Å². The van der Waals surface area contributed by atoms with Crippen molar-refractivity contribution in [2.45, 2.75) is 4.83 Å². The Balaban J connectivity index is 2.47. The second-order valence-electron chi connectivity index (χ2n) is 3.69. The highest BCUT2D eigenvalue weighted by Gasteiger charge is 2.17. The summed E-state index contributed by atoms with van der Waals surface area (Å²) in [5.74, 6) is -0.336. The van der Waals surface area contributed by atoms with Crippen molar-refractivity contribution in [1.29, 1.82) is 0 Å². The summed E-state index contributed by atoms with van der Waals surface area (Å²) in [4.78, 5) is -0.0996. The molecule has 0 aromatic heterocycles. The maximum absolute atomic E-state index is 13.0. The van der Waals surface area contributed by atoms with Crippen molar-refractivity contribution in [2.24, 2.45) is 0 Å². The average Bonchev–Trinajstić information content (AvgIpc) is 2.31. The minimum absolute atomic E-state index is 0.0996. The van der Waals surface area contributed by atoms with E-state index in [9.17, 15) is 4.39 Å². The van der Waals surface area contributed by atoms with Gasteiger partial charge in [-0.05, 0) is 41.5 Å². The van der Waals surface area contributed by atoms with Crippen LogP contribution in [0.4, 0.5) is 4.39 Å². The lowest BCUT2D eigenvalue weighted by Gasteiger charge is -2.14. The number of rotatable bonds is 2. The van der Waals surface area contributed by atoms with Gasteiger partial charge in [0.2, 0.25) is 0 Å². The van der Waals surface area contributed by atoms with Gasteiger partial charge < -0.3 is 0 Å². The molecule has 0 amide bonds. The van der Waals surface area contributed by atoms with Crippen LogP contribution in [0.5, 0.6) is 0 Å². The number of halogens is 5. The third-order valence-corrected chi connectivity index (χ3v) is 5.00. The van der Waals surface area contributed by atoms with Crippen LogP contribution in [0.1, 0.15) is 16.0 Å². The largest absolute Gasteiger partial charge is 0.207 e. The Bertz CT molecular complexity index is 586. The molecular formula is C13H7Br3ClF. The van der Waals surface area contributed by atoms with Gasteiger partial charge in [0, 0.05) is 14.0 Å². The summed E-state index contributed by atoms with van der Waals surface area (Å²) in [5, 5.41) is 0.406. The molecule has 0 N–H and O–H groups in total. The van der Waals surface area contributed by atoms with Gasteiger partial charge in [-0.3, -0.25) is 0 Å². The van der Waals surface area contributed by atoms with Gasteiger partial charge in [0.1, 0.15) is 5.82 Å². The summed E-state index contributed by atoms with van der Waals surface area (Å²) in [7, 11) is 0. The zero-order valence-electron chi connectivity index (χ0n) is 8.93. The molecule has 2 aromatic carbocycles. The summed E-state index contributed by atoms with van der Waals surface area (Å²) in [6, 6.07) is 10.3. The maximum Gasteiger partial charge on any atom is 0.124 e. The number of hydrogen-bond acceptors (Lipinski definition) is 0. The van der Waals surface area contributed by atoms with E-state index in [1.165, 1.54) is 12.1 Å². The van der Waals surface area contributed by atoms with E-state index >= 15 is 0 Å². The Kier molecular flexibility index (Phi) is 4.86. The van der Waals surface area contributed by atoms with Crippen LogP contribution in [0.2, 0.25) is 5.02 Å². The SMILES string of the molecule is Fc1ccc(C(Br)c2cc(Br)ccc2Br)c(Cl)c1. The minimum atomic E-state index is -0.336. The first-order chi connectivity index (χ1) is 8.49. The summed E-state index contributed by atoms with van der Waals surface area (Å²) in [6.45, 7) is 0. The van der Waals surface area contributed by atoms with E-state index in [1.807, 2.05) is 18.2 Å². The molecule has 0 aliphatic heterocycles. The number of hydrogen-bond donors (Lipinski definition) is 0. The summed E-state index contributed by atoms with van der Waals surface area (Å²) >= 11 is 16.6. The van der Waals surface area contributed by atoms with Crippen LogP contribution in [0.25, 0.3) is 0 Å². The second-order valence-corrected chi connectivity index (χ2v) is 6.79. The van der Waals surface area contributed by atoms with E-state index in [0.717, 1.165) is 20.1 Å². The predicted octanol–water partition coefficient (Wildman–Crippen LogP) is 6.49. The minimum Gasteiger partial charge on any atom is -0.207 e. The normalized spacial score (nSPS) is 12.5. The van der Waals surface area contributed by atoms with Crippen molar-refractivity contribution in [3.63, 3.8) is 0 Å². The molecule has 0 aliphatic rings. The molecule has 0 saturated carbocycles. The third kappa shape index (κ3) is 3.16. The van der Waals surface area contributed by atoms with Crippen molar-refractivity contribution in [1.82, 2.24) is 0 Å². The van der Waals surface area contributed by atoms with Crippen LogP contribution in [-0.4, -0.2) is 0 Å². The van der Waals surface area contributed by atoms with Crippen molar-refractivity contribution < 1.29 is 4.39 Å². The number of alkyl halides is 1. The van der Waals surface area contributed by atoms with Crippen LogP contribution in [0.15, 0.2) is 45.3 Å². The van der Waals surface area contributed by atoms with E-state index in [1.54, 1.807) is 6.07 Å². The monoisotopic (exact) mass is 454 g/mol. The molecule has 94 valence electrons. The second kappa shape index (κ2) is 6.04. The molecule has 18 heavy (non-hydrogen) atoms. The Morgan fingerprint density at radius 2 is 1.72 bits per heavy atom. The maximum atomic E-state index is 13.0. The fraction of sp³-hybridized carbons (Fsp3) is 0.0769. The topological polar surface area (TPSA) is 0 Å². The van der Waals surface area contributed by atoms with Crippen molar-refractivity contribution in [3.8, 4) is 0 Å². The average molecular weight is 457 g/mol. The van der Waals surface area contributed by atoms with Crippen LogP contribution >= 0.6 is 59.4 Å². The Morgan fingerprint density at radius 1 is 1.00 bits per heavy atom. The fourth-order valence-corrected chi connectivity index (χ4v) is 3.93. The molecule has 0 radical (unpaired) electrons. The zero-order chi connectivity index (χ0) is 13.3. The standard InChI is InChI=1S/C13H7Br3ClF/c14-7-1-4-11(15)10(5-7)13(16)9-3-2-8(18)6-12(9)17/h1-6,13H. The quantitative estimate of drug-likeness (QED) is 0.453. The molecule has 0 heterocycles. The highest BCUT2D eigenvalue weighted by Crippen LogP contribution is 2.39. The van der Waals surface area contributed by atoms with E-state index < -0.39 is 0 Å². The van der Waals surface area contributed by atoms with Gasteiger partial charge in [-0.15, -0.1) is 0 Å². The highest BCUT2D eigenvalue weighted by molar-refractivity contribution is 9.11. The smallest absolute Gasteiger partial charge is 0.124 e. The Morgan fingerprint density at radius 3 is 2.39 bits per heavy atom. The fourth-order valence-electron chi connectivity index (χ4n) is 1.58. The lowest BCUT2D eigenvalue weighted by Crippen LogP contribution is -1.96. The molecule has 2 aromatic rings. The first kappa shape index (κ1) is 14.5. The van der Waals surface area contributed by atoms with Crippen LogP contribution < -0.4 is 0 Å². The number of benzene rings is 2. The van der Waals surface area contributed by atoms with Crippen LogP contribution in [-0.2, 0) is 0 Å². The molecule has 0 bridgehead atoms. The van der Waals surface area contributed by atoms with E-state index in [0.29, 0.717) is 5.02 Å². The van der Waals surface area contributed by atoms with Gasteiger partial charge in [-0.2, -0.15) is 0 Å². The Labute approximate surface area is 135 Å². The van der Waals surface area contributed by atoms with Gasteiger partial charge in [-0.25, -0.2) is 4.39 Å². The van der Waals surface area contributed by atoms with Crippen molar-refractivity contribution in [2.75, 3.05) is 0 Å². The molecule has 0 fully saturated rings. The van der Waals surface area contributed by atoms with Gasteiger partial charge in [0.25, 0.3) is 0 Å². The molecule has 1 unspecified atom stereocenters. The zero-order valence-corrected chi connectivity index (χ0v) is 14.4. The van der Waals surface area contributed by atoms with Gasteiger partial charge in [-0.1, -0.05) is 65.5 Å². The van der Waals surface area contributed by atoms with Crippen LogP contribution in [0.3, 0.4) is 0 Å². The van der Waals surface area contributed by atoms with Crippen molar-refractivity contribution >= 4 is 59.4 Å². The van der Waals surface area contributed by atoms with E-state index in [2.05, 4.69) is 47.8 Å². The molecule has 2 rings (SSSR count). The molecule has 0 spiro atoms. The molecule has 0 saturated heterocycles. The van der Waals surface area contributed by atoms with Crippen molar-refractivity contribution in [3.05, 3.63) is 67.3 Å². The molecule has 5 heteroatoms. The van der Waals surface area contributed by atoms with E-state index in [4.69, 9.17) is 11.6 Å². The first-order valence-electron chi connectivity index (χ1n) is 5.03. The summed E-state index contributed by atoms with van der Waals surface area (Å²) in [6.07, 6.45) is 0. The van der Waals surface area contributed by atoms with E-state index in [-0.39, 0.29) is 10.6 Å². The Hall–Kier alpha value is 0.1000. The lowest BCUT2D eigenvalue weighted by atomic mass is 10.0. The van der Waals surface area contributed by atoms with Crippen LogP contribution in [0, 0.1) is 5.82 Å². The highest BCUT2D eigenvalue weighted by atomic mass is 79.9. The van der Waals surface area contributed by atoms with Gasteiger partial charge in [0.05, 0.1) is 4.83 Å². The molecule has 0 aliphatic carbocycles. The molecule has 1 atom stereocenters. The lowest BCUT2D eigenvalue weighted by molar-refractivity contribution is 0.627. The molecular weight excluding hydrogens is 450 g/mol. The van der Waals surface area contributed by atoms with Gasteiger partial charge >= 0.3 is 0 Å². The molecule has 0 nitrogen and oxygen atoms in total. The predicted molar refractivity (Wildman–Crippen MR) is 84.0 cm³/mol.